The van der Waals surface area contributed by atoms with Gasteiger partial charge in [0.25, 0.3) is 0 Å². The van der Waals surface area contributed by atoms with Gasteiger partial charge in [-0.25, -0.2) is 0 Å². The summed E-state index contributed by atoms with van der Waals surface area (Å²) in [5.74, 6) is 2.91. The molecule has 0 spiro atoms. The van der Waals surface area contributed by atoms with E-state index < -0.39 is 11.9 Å². The molecule has 0 saturated heterocycles. The quantitative estimate of drug-likeness (QED) is 0.0337. The molecule has 1 aliphatic heterocycles. The van der Waals surface area contributed by atoms with E-state index in [-0.39, 0.29) is 37.1 Å². The Morgan fingerprint density at radius 3 is 1.06 bits per heavy atom. The van der Waals surface area contributed by atoms with Crippen LogP contribution in [0.2, 0.25) is 0 Å². The Morgan fingerprint density at radius 2 is 0.716 bits per heavy atom. The van der Waals surface area contributed by atoms with Gasteiger partial charge >= 0.3 is 11.9 Å². The molecular weight excluding hydrogens is 1140 g/mol. The van der Waals surface area contributed by atoms with Crippen LogP contribution in [0.4, 0.5) is 0 Å². The molecule has 3 atom stereocenters. The molecule has 88 heavy (non-hydrogen) atoms. The first-order valence-corrected chi connectivity index (χ1v) is 32.7. The first kappa shape index (κ1) is 83.3. The largest absolute Gasteiger partial charge is 0.487 e. The summed E-state index contributed by atoms with van der Waals surface area (Å²) in [7, 11) is 1.64. The predicted molar refractivity (Wildman–Crippen MR) is 336 cm³/mol. The van der Waals surface area contributed by atoms with Gasteiger partial charge in [0.05, 0.1) is 218 Å². The Balaban J connectivity index is 0.0000387. The summed E-state index contributed by atoms with van der Waals surface area (Å²) in [6, 6.07) is 0. The minimum absolute atomic E-state index is 0. The predicted octanol–water partition coefficient (Wildman–Crippen LogP) is 8.43. The van der Waals surface area contributed by atoms with E-state index in [9.17, 15) is 9.59 Å². The second-order valence-corrected chi connectivity index (χ2v) is 22.8. The lowest BCUT2D eigenvalue weighted by atomic mass is 9.83. The van der Waals surface area contributed by atoms with Gasteiger partial charge < -0.3 is 95.5 Å². The van der Waals surface area contributed by atoms with Gasteiger partial charge in [-0.05, 0) is 87.8 Å². The van der Waals surface area contributed by atoms with Crippen molar-refractivity contribution in [2.75, 3.05) is 219 Å². The lowest BCUT2D eigenvalue weighted by Crippen LogP contribution is -2.37. The van der Waals surface area contributed by atoms with Crippen molar-refractivity contribution in [3.05, 3.63) is 22.3 Å². The highest BCUT2D eigenvalue weighted by molar-refractivity contribution is 5.80. The number of carbonyl (C=O) groups excluding carboxylic acids is 2. The normalized spacial score (nSPS) is 14.7. The Morgan fingerprint density at radius 1 is 0.409 bits per heavy atom. The van der Waals surface area contributed by atoms with Crippen LogP contribution in [-0.2, 0) is 96.5 Å². The van der Waals surface area contributed by atoms with E-state index in [0.717, 1.165) is 71.4 Å². The Bertz CT molecular complexity index is 1780. The zero-order valence-corrected chi connectivity index (χ0v) is 56.1. The minimum atomic E-state index is -0.479. The summed E-state index contributed by atoms with van der Waals surface area (Å²) in [6.45, 7) is 32.5. The summed E-state index contributed by atoms with van der Waals surface area (Å²) in [6.07, 6.45) is 13.1. The third-order valence-electron chi connectivity index (χ3n) is 14.7. The third-order valence-corrected chi connectivity index (χ3v) is 14.7. The number of hydrogen-bond donors (Lipinski definition) is 0. The molecule has 518 valence electrons. The maximum absolute atomic E-state index is 13.0. The number of methoxy groups -OCH3 is 1. The number of ether oxygens (including phenoxy) is 19. The molecule has 0 radical (unpaired) electrons. The minimum Gasteiger partial charge on any atom is -0.487 e. The SMILES string of the molecule is COCCOCCOCCOCCOCCOCCOCCOCCOCCOCCOCCOCCOCCOCCOCCOCCOC(=O)CCC(=O)Oc1c(C)c(C)c2c(c1C)CCC(C)(CCCC(C)CCCC(C)CCCC(C)C)O2.O. The standard InChI is InChI=1S/C66H120O21.H2O/c1-55(2)13-10-14-56(3)15-11-16-57(4)17-12-21-66(8)22-20-61-60(7)64(58(5)59(6)65(61)87-66)86-63(68)19-18-62(67)85-54-53-84-52-51-83-50-49-82-48-47-81-46-45-80-44-43-79-42-41-78-40-39-77-38-37-76-36-35-75-34-33-74-32-31-73-30-29-72-28-27-71-26-25-70-24-23-69-9;/h55-57H,10-54H2,1-9H3;1H2. The summed E-state index contributed by atoms with van der Waals surface area (Å²) in [5, 5.41) is 0. The van der Waals surface area contributed by atoms with Gasteiger partial charge in [0, 0.05) is 12.7 Å². The van der Waals surface area contributed by atoms with E-state index in [1.807, 2.05) is 20.8 Å². The average molecular weight is 1270 g/mol. The molecule has 1 aliphatic rings. The van der Waals surface area contributed by atoms with Crippen LogP contribution in [0.3, 0.4) is 0 Å². The molecule has 1 aromatic rings. The Hall–Kier alpha value is -2.72. The van der Waals surface area contributed by atoms with Gasteiger partial charge in [0.1, 0.15) is 23.7 Å². The molecule has 0 aliphatic carbocycles. The van der Waals surface area contributed by atoms with E-state index in [4.69, 9.17) is 90.0 Å². The fraction of sp³-hybridized carbons (Fsp3) is 0.879. The van der Waals surface area contributed by atoms with Gasteiger partial charge in [0.2, 0.25) is 0 Å². The number of esters is 2. The van der Waals surface area contributed by atoms with Gasteiger partial charge in [-0.3, -0.25) is 9.59 Å². The second-order valence-electron chi connectivity index (χ2n) is 22.8. The van der Waals surface area contributed by atoms with E-state index in [2.05, 4.69) is 34.6 Å². The van der Waals surface area contributed by atoms with Crippen molar-refractivity contribution in [3.8, 4) is 11.5 Å². The number of benzene rings is 1. The lowest BCUT2D eigenvalue weighted by molar-refractivity contribution is -0.148. The van der Waals surface area contributed by atoms with Crippen molar-refractivity contribution in [2.45, 2.75) is 144 Å². The molecule has 0 fully saturated rings. The van der Waals surface area contributed by atoms with Crippen LogP contribution in [0.1, 0.15) is 134 Å². The molecule has 2 N–H and O–H groups in total. The zero-order valence-electron chi connectivity index (χ0n) is 56.1. The summed E-state index contributed by atoms with van der Waals surface area (Å²) in [4.78, 5) is 25.4. The molecule has 3 unspecified atom stereocenters. The molecule has 1 heterocycles. The fourth-order valence-electron chi connectivity index (χ4n) is 9.39. The molecule has 0 saturated carbocycles. The smallest absolute Gasteiger partial charge is 0.311 e. The van der Waals surface area contributed by atoms with E-state index in [1.54, 1.807) is 7.11 Å². The molecule has 0 aromatic heterocycles. The Kier molecular flexibility index (Phi) is 55.0. The van der Waals surface area contributed by atoms with E-state index in [1.165, 1.54) is 44.9 Å². The van der Waals surface area contributed by atoms with Crippen LogP contribution in [0.5, 0.6) is 11.5 Å². The Labute approximate surface area is 529 Å². The topological polar surface area (TPSA) is 241 Å². The summed E-state index contributed by atoms with van der Waals surface area (Å²) in [5.41, 5.74) is 3.71. The van der Waals surface area contributed by atoms with Crippen LogP contribution in [0.15, 0.2) is 0 Å². The maximum atomic E-state index is 13.0. The van der Waals surface area contributed by atoms with Gasteiger partial charge in [-0.15, -0.1) is 0 Å². The van der Waals surface area contributed by atoms with Crippen molar-refractivity contribution in [1.29, 1.82) is 0 Å². The highest BCUT2D eigenvalue weighted by Crippen LogP contribution is 2.45. The first-order valence-electron chi connectivity index (χ1n) is 32.7. The molecule has 0 amide bonds. The highest BCUT2D eigenvalue weighted by atomic mass is 16.6. The monoisotopic (exact) mass is 1270 g/mol. The summed E-state index contributed by atoms with van der Waals surface area (Å²) < 4.78 is 105. The van der Waals surface area contributed by atoms with Crippen molar-refractivity contribution in [2.24, 2.45) is 17.8 Å². The van der Waals surface area contributed by atoms with Crippen LogP contribution in [0.25, 0.3) is 0 Å². The maximum Gasteiger partial charge on any atom is 0.311 e. The van der Waals surface area contributed by atoms with E-state index >= 15 is 0 Å². The average Bonchev–Trinajstić information content (AvgIpc) is 3.07. The van der Waals surface area contributed by atoms with Gasteiger partial charge in [-0.1, -0.05) is 72.6 Å². The number of rotatable bonds is 64. The van der Waals surface area contributed by atoms with Crippen molar-refractivity contribution < 1.29 is 105 Å². The molecule has 22 nitrogen and oxygen atoms in total. The van der Waals surface area contributed by atoms with Crippen molar-refractivity contribution in [3.63, 3.8) is 0 Å². The molecular formula is C66H122O22. The fourth-order valence-corrected chi connectivity index (χ4v) is 9.39. The van der Waals surface area contributed by atoms with Crippen molar-refractivity contribution in [1.82, 2.24) is 0 Å². The van der Waals surface area contributed by atoms with Crippen LogP contribution in [-0.4, -0.2) is 242 Å². The summed E-state index contributed by atoms with van der Waals surface area (Å²) >= 11 is 0. The lowest BCUT2D eigenvalue weighted by Gasteiger charge is -2.38. The number of fused-ring (bicyclic) bond motifs is 1. The van der Waals surface area contributed by atoms with Gasteiger partial charge in [0.15, 0.2) is 0 Å². The molecule has 0 bridgehead atoms. The number of hydrogen-bond acceptors (Lipinski definition) is 21. The highest BCUT2D eigenvalue weighted by Gasteiger charge is 2.35. The molecule has 1 aromatic carbocycles. The number of carbonyl (C=O) groups is 2. The zero-order chi connectivity index (χ0) is 63.1. The van der Waals surface area contributed by atoms with Crippen LogP contribution in [0, 0.1) is 38.5 Å². The third kappa shape index (κ3) is 46.4. The molecule has 2 rings (SSSR count). The van der Waals surface area contributed by atoms with Gasteiger partial charge in [-0.2, -0.15) is 0 Å². The second kappa shape index (κ2) is 58.1. The van der Waals surface area contributed by atoms with E-state index in [0.29, 0.717) is 204 Å². The van der Waals surface area contributed by atoms with Crippen LogP contribution < -0.4 is 9.47 Å². The van der Waals surface area contributed by atoms with Crippen molar-refractivity contribution >= 4 is 11.9 Å². The first-order chi connectivity index (χ1) is 42.4. The van der Waals surface area contributed by atoms with Crippen LogP contribution >= 0.6 is 0 Å². The molecule has 22 heteroatoms.